The van der Waals surface area contributed by atoms with Gasteiger partial charge in [0.2, 0.25) is 5.91 Å². The van der Waals surface area contributed by atoms with Gasteiger partial charge in [-0.2, -0.15) is 0 Å². The van der Waals surface area contributed by atoms with Gasteiger partial charge in [-0.15, -0.1) is 0 Å². The van der Waals surface area contributed by atoms with E-state index >= 15 is 0 Å². The van der Waals surface area contributed by atoms with Crippen LogP contribution in [0.3, 0.4) is 0 Å². The zero-order valence-electron chi connectivity index (χ0n) is 12.8. The molecule has 0 unspecified atom stereocenters. The van der Waals surface area contributed by atoms with E-state index in [2.05, 4.69) is 15.6 Å². The molecule has 0 spiro atoms. The highest BCUT2D eigenvalue weighted by Gasteiger charge is 2.11. The van der Waals surface area contributed by atoms with Gasteiger partial charge >= 0.3 is 0 Å². The van der Waals surface area contributed by atoms with Gasteiger partial charge < -0.3 is 15.0 Å². The quantitative estimate of drug-likeness (QED) is 0.781. The number of hydrogen-bond donors (Lipinski definition) is 2. The highest BCUT2D eigenvalue weighted by atomic mass is 16.2. The molecule has 0 bridgehead atoms. The Morgan fingerprint density at radius 3 is 2.26 bits per heavy atom. The summed E-state index contributed by atoms with van der Waals surface area (Å²) in [4.78, 5) is 27.6. The Bertz CT molecular complexity index is 881. The third-order valence-corrected chi connectivity index (χ3v) is 3.39. The second kappa shape index (κ2) is 5.92. The summed E-state index contributed by atoms with van der Waals surface area (Å²) in [7, 11) is 0. The number of aryl methyl sites for hydroxylation is 1. The number of hydrogen-bond acceptors (Lipinski definition) is 3. The minimum Gasteiger partial charge on any atom is -0.326 e. The van der Waals surface area contributed by atoms with Gasteiger partial charge in [-0.3, -0.25) is 9.59 Å². The number of pyridine rings is 1. The third-order valence-electron chi connectivity index (χ3n) is 3.39. The Hall–Kier alpha value is -3.15. The first-order valence-corrected chi connectivity index (χ1v) is 7.16. The minimum atomic E-state index is -0.277. The molecule has 0 saturated carbocycles. The maximum absolute atomic E-state index is 12.3. The van der Waals surface area contributed by atoms with Crippen molar-refractivity contribution in [1.29, 1.82) is 0 Å². The van der Waals surface area contributed by atoms with Crippen molar-refractivity contribution in [1.82, 2.24) is 9.38 Å². The molecule has 0 aliphatic heterocycles. The number of amides is 2. The van der Waals surface area contributed by atoms with Gasteiger partial charge in [-0.25, -0.2) is 4.98 Å². The summed E-state index contributed by atoms with van der Waals surface area (Å²) < 4.78 is 1.87. The first-order valence-electron chi connectivity index (χ1n) is 7.16. The number of rotatable bonds is 3. The van der Waals surface area contributed by atoms with E-state index in [-0.39, 0.29) is 11.8 Å². The monoisotopic (exact) mass is 308 g/mol. The van der Waals surface area contributed by atoms with Crippen LogP contribution in [0.5, 0.6) is 0 Å². The Morgan fingerprint density at radius 2 is 1.65 bits per heavy atom. The van der Waals surface area contributed by atoms with Crippen molar-refractivity contribution in [2.45, 2.75) is 13.8 Å². The minimum absolute atomic E-state index is 0.137. The van der Waals surface area contributed by atoms with Crippen LogP contribution in [0.25, 0.3) is 5.65 Å². The van der Waals surface area contributed by atoms with Crippen molar-refractivity contribution >= 4 is 28.8 Å². The third kappa shape index (κ3) is 3.21. The normalized spacial score (nSPS) is 10.5. The fourth-order valence-corrected chi connectivity index (χ4v) is 2.29. The molecule has 0 fully saturated rings. The van der Waals surface area contributed by atoms with Crippen molar-refractivity contribution in [2.75, 3.05) is 10.6 Å². The van der Waals surface area contributed by atoms with E-state index in [1.54, 1.807) is 30.5 Å². The Balaban J connectivity index is 1.77. The molecule has 0 radical (unpaired) electrons. The smallest absolute Gasteiger partial charge is 0.275 e. The predicted molar refractivity (Wildman–Crippen MR) is 88.6 cm³/mol. The van der Waals surface area contributed by atoms with Crippen LogP contribution in [0, 0.1) is 6.92 Å². The molecular weight excluding hydrogens is 292 g/mol. The number of imidazole rings is 1. The van der Waals surface area contributed by atoms with Crippen LogP contribution in [0.2, 0.25) is 0 Å². The molecular formula is C17H16N4O2. The standard InChI is InChI=1S/C17H16N4O2/c1-11-4-3-5-16-20-15(10-21(11)16)17(23)19-14-8-6-13(7-9-14)18-12(2)22/h3-10H,1-2H3,(H,18,22)(H,19,23). The van der Waals surface area contributed by atoms with E-state index in [1.807, 2.05) is 29.5 Å². The molecule has 0 saturated heterocycles. The van der Waals surface area contributed by atoms with Crippen LogP contribution >= 0.6 is 0 Å². The fraction of sp³-hybridized carbons (Fsp3) is 0.118. The molecule has 116 valence electrons. The van der Waals surface area contributed by atoms with Gasteiger partial charge in [0.05, 0.1) is 0 Å². The summed E-state index contributed by atoms with van der Waals surface area (Å²) in [5.41, 5.74) is 3.41. The largest absolute Gasteiger partial charge is 0.326 e. The van der Waals surface area contributed by atoms with Gasteiger partial charge in [0.25, 0.3) is 5.91 Å². The summed E-state index contributed by atoms with van der Waals surface area (Å²) in [5, 5.41) is 5.47. The maximum Gasteiger partial charge on any atom is 0.275 e. The van der Waals surface area contributed by atoms with Gasteiger partial charge in [0.15, 0.2) is 0 Å². The second-order valence-electron chi connectivity index (χ2n) is 5.23. The van der Waals surface area contributed by atoms with E-state index in [4.69, 9.17) is 0 Å². The average Bonchev–Trinajstić information content (AvgIpc) is 2.94. The number of carbonyl (C=O) groups is 2. The van der Waals surface area contributed by atoms with Gasteiger partial charge in [-0.05, 0) is 43.3 Å². The zero-order chi connectivity index (χ0) is 16.4. The molecule has 0 atom stereocenters. The first kappa shape index (κ1) is 14.8. The van der Waals surface area contributed by atoms with Crippen LogP contribution in [0.15, 0.2) is 48.7 Å². The predicted octanol–water partition coefficient (Wildman–Crippen LogP) is 2.85. The zero-order valence-corrected chi connectivity index (χ0v) is 12.8. The number of fused-ring (bicyclic) bond motifs is 1. The maximum atomic E-state index is 12.3. The molecule has 0 aliphatic rings. The number of nitrogens with one attached hydrogen (secondary N) is 2. The lowest BCUT2D eigenvalue weighted by atomic mass is 10.2. The van der Waals surface area contributed by atoms with E-state index in [0.717, 1.165) is 11.3 Å². The van der Waals surface area contributed by atoms with E-state index in [9.17, 15) is 9.59 Å². The summed E-state index contributed by atoms with van der Waals surface area (Å²) in [6.45, 7) is 3.40. The fourth-order valence-electron chi connectivity index (χ4n) is 2.29. The van der Waals surface area contributed by atoms with E-state index in [0.29, 0.717) is 17.1 Å². The first-order chi connectivity index (χ1) is 11.0. The second-order valence-corrected chi connectivity index (χ2v) is 5.23. The lowest BCUT2D eigenvalue weighted by Gasteiger charge is -2.05. The highest BCUT2D eigenvalue weighted by molar-refractivity contribution is 6.03. The molecule has 2 amide bonds. The van der Waals surface area contributed by atoms with Crippen LogP contribution in [0.1, 0.15) is 23.1 Å². The number of carbonyl (C=O) groups excluding carboxylic acids is 2. The topological polar surface area (TPSA) is 75.5 Å². The lowest BCUT2D eigenvalue weighted by Crippen LogP contribution is -2.12. The van der Waals surface area contributed by atoms with Crippen LogP contribution in [-0.2, 0) is 4.79 Å². The van der Waals surface area contributed by atoms with Gasteiger partial charge in [0, 0.05) is 30.2 Å². The molecule has 3 rings (SSSR count). The van der Waals surface area contributed by atoms with Crippen molar-refractivity contribution in [3.63, 3.8) is 0 Å². The Morgan fingerprint density at radius 1 is 1.00 bits per heavy atom. The summed E-state index contributed by atoms with van der Waals surface area (Å²) >= 11 is 0. The summed E-state index contributed by atoms with van der Waals surface area (Å²) in [6.07, 6.45) is 1.71. The molecule has 3 aromatic rings. The molecule has 0 aliphatic carbocycles. The SMILES string of the molecule is CC(=O)Nc1ccc(NC(=O)c2cn3c(C)cccc3n2)cc1. The Labute approximate surface area is 133 Å². The van der Waals surface area contributed by atoms with Gasteiger partial charge in [-0.1, -0.05) is 6.07 Å². The van der Waals surface area contributed by atoms with Gasteiger partial charge in [0.1, 0.15) is 11.3 Å². The molecule has 2 N–H and O–H groups in total. The van der Waals surface area contributed by atoms with Crippen LogP contribution in [0.4, 0.5) is 11.4 Å². The molecule has 23 heavy (non-hydrogen) atoms. The average molecular weight is 308 g/mol. The number of aromatic nitrogens is 2. The number of anilines is 2. The van der Waals surface area contributed by atoms with E-state index < -0.39 is 0 Å². The molecule has 2 heterocycles. The van der Waals surface area contributed by atoms with Crippen molar-refractivity contribution < 1.29 is 9.59 Å². The lowest BCUT2D eigenvalue weighted by molar-refractivity contribution is -0.114. The van der Waals surface area contributed by atoms with Crippen molar-refractivity contribution in [3.05, 3.63) is 60.0 Å². The number of nitrogens with zero attached hydrogens (tertiary/aromatic N) is 2. The van der Waals surface area contributed by atoms with E-state index in [1.165, 1.54) is 6.92 Å². The molecule has 6 nitrogen and oxygen atoms in total. The summed E-state index contributed by atoms with van der Waals surface area (Å²) in [5.74, 6) is -0.415. The van der Waals surface area contributed by atoms with Crippen LogP contribution in [-0.4, -0.2) is 21.2 Å². The van der Waals surface area contributed by atoms with Crippen LogP contribution < -0.4 is 10.6 Å². The molecule has 1 aromatic carbocycles. The number of benzene rings is 1. The highest BCUT2D eigenvalue weighted by Crippen LogP contribution is 2.15. The molecule has 6 heteroatoms. The summed E-state index contributed by atoms with van der Waals surface area (Å²) in [6, 6.07) is 12.6. The molecule has 2 aromatic heterocycles. The van der Waals surface area contributed by atoms with Crippen molar-refractivity contribution in [3.8, 4) is 0 Å². The van der Waals surface area contributed by atoms with Crippen molar-refractivity contribution in [2.24, 2.45) is 0 Å². The Kier molecular flexibility index (Phi) is 3.80.